The van der Waals surface area contributed by atoms with E-state index in [2.05, 4.69) is 24.4 Å². The summed E-state index contributed by atoms with van der Waals surface area (Å²) in [6, 6.07) is 12.6. The number of rotatable bonds is 7. The van der Waals surface area contributed by atoms with Gasteiger partial charge in [0.25, 0.3) is 11.6 Å². The predicted molar refractivity (Wildman–Crippen MR) is 94.9 cm³/mol. The quantitative estimate of drug-likeness (QED) is 0.474. The molecule has 2 rings (SSSR count). The summed E-state index contributed by atoms with van der Waals surface area (Å²) in [6.45, 7) is 4.81. The Hall–Kier alpha value is -3.22. The molecule has 0 radical (unpaired) electrons. The van der Waals surface area contributed by atoms with Gasteiger partial charge in [-0.25, -0.2) is 5.43 Å². The van der Waals surface area contributed by atoms with Crippen LogP contribution in [-0.4, -0.2) is 23.7 Å². The van der Waals surface area contributed by atoms with Gasteiger partial charge in [-0.15, -0.1) is 0 Å². The number of carbonyl (C=O) groups is 1. The summed E-state index contributed by atoms with van der Waals surface area (Å²) in [5, 5.41) is 14.5. The van der Waals surface area contributed by atoms with E-state index in [1.165, 1.54) is 30.5 Å². The molecular formula is C18H19N3O4. The number of nitro benzene ring substituents is 1. The van der Waals surface area contributed by atoms with Gasteiger partial charge >= 0.3 is 0 Å². The summed E-state index contributed by atoms with van der Waals surface area (Å²) in [5.41, 5.74) is 3.41. The maximum atomic E-state index is 11.9. The highest BCUT2D eigenvalue weighted by atomic mass is 16.6. The largest absolute Gasteiger partial charge is 0.493 e. The summed E-state index contributed by atoms with van der Waals surface area (Å²) in [4.78, 5) is 22.0. The van der Waals surface area contributed by atoms with Crippen molar-refractivity contribution in [3.63, 3.8) is 0 Å². The first-order valence-corrected chi connectivity index (χ1v) is 7.76. The molecular weight excluding hydrogens is 322 g/mol. The fourth-order valence-electron chi connectivity index (χ4n) is 1.88. The molecule has 2 aromatic carbocycles. The van der Waals surface area contributed by atoms with Crippen LogP contribution in [0.3, 0.4) is 0 Å². The number of nitrogens with zero attached hydrogens (tertiary/aromatic N) is 2. The number of non-ortho nitro benzene ring substituents is 1. The molecule has 0 spiro atoms. The van der Waals surface area contributed by atoms with Crippen molar-refractivity contribution in [2.24, 2.45) is 11.0 Å². The van der Waals surface area contributed by atoms with Gasteiger partial charge < -0.3 is 4.74 Å². The molecule has 7 nitrogen and oxygen atoms in total. The van der Waals surface area contributed by atoms with Crippen LogP contribution in [0.2, 0.25) is 0 Å². The average Bonchev–Trinajstić information content (AvgIpc) is 2.61. The maximum absolute atomic E-state index is 11.9. The Balaban J connectivity index is 1.89. The number of hydrazone groups is 1. The third-order valence-electron chi connectivity index (χ3n) is 3.18. The summed E-state index contributed by atoms with van der Waals surface area (Å²) in [7, 11) is 0. The number of carbonyl (C=O) groups excluding carboxylic acids is 1. The zero-order chi connectivity index (χ0) is 18.2. The standard InChI is InChI=1S/C18H19N3O4/c1-13(2)12-25-17-9-3-14(4-10-17)11-19-20-18(22)15-5-7-16(8-6-15)21(23)24/h3-11,13H,12H2,1-2H3,(H,20,22)/b19-11+. The van der Waals surface area contributed by atoms with Gasteiger partial charge in [-0.3, -0.25) is 14.9 Å². The van der Waals surface area contributed by atoms with Crippen LogP contribution in [0.5, 0.6) is 5.75 Å². The van der Waals surface area contributed by atoms with Crippen molar-refractivity contribution in [3.8, 4) is 5.75 Å². The lowest BCUT2D eigenvalue weighted by molar-refractivity contribution is -0.384. The van der Waals surface area contributed by atoms with E-state index >= 15 is 0 Å². The smallest absolute Gasteiger partial charge is 0.271 e. The molecule has 0 aliphatic rings. The lowest BCUT2D eigenvalue weighted by atomic mass is 10.2. The number of benzene rings is 2. The number of nitro groups is 1. The summed E-state index contributed by atoms with van der Waals surface area (Å²) < 4.78 is 5.59. The van der Waals surface area contributed by atoms with Crippen LogP contribution in [-0.2, 0) is 0 Å². The summed E-state index contributed by atoms with van der Waals surface area (Å²) in [6.07, 6.45) is 1.51. The van der Waals surface area contributed by atoms with Gasteiger partial charge in [-0.2, -0.15) is 5.10 Å². The van der Waals surface area contributed by atoms with Crippen molar-refractivity contribution < 1.29 is 14.5 Å². The third kappa shape index (κ3) is 5.72. The molecule has 0 aliphatic carbocycles. The fourth-order valence-corrected chi connectivity index (χ4v) is 1.88. The maximum Gasteiger partial charge on any atom is 0.271 e. The van der Waals surface area contributed by atoms with Crippen LogP contribution < -0.4 is 10.2 Å². The van der Waals surface area contributed by atoms with Gasteiger partial charge in [0.1, 0.15) is 5.75 Å². The van der Waals surface area contributed by atoms with Crippen LogP contribution in [0, 0.1) is 16.0 Å². The van der Waals surface area contributed by atoms with Crippen molar-refractivity contribution in [3.05, 3.63) is 69.8 Å². The summed E-state index contributed by atoms with van der Waals surface area (Å²) in [5.74, 6) is 0.791. The molecule has 0 aliphatic heterocycles. The van der Waals surface area contributed by atoms with Crippen molar-refractivity contribution in [1.29, 1.82) is 0 Å². The first-order valence-electron chi connectivity index (χ1n) is 7.76. The van der Waals surface area contributed by atoms with E-state index in [1.807, 2.05) is 24.3 Å². The second-order valence-corrected chi connectivity index (χ2v) is 5.78. The molecule has 130 valence electrons. The molecule has 1 N–H and O–H groups in total. The monoisotopic (exact) mass is 341 g/mol. The SMILES string of the molecule is CC(C)COc1ccc(/C=N/NC(=O)c2ccc([N+](=O)[O-])cc2)cc1. The lowest BCUT2D eigenvalue weighted by Gasteiger charge is -2.08. The van der Waals surface area contributed by atoms with Crippen molar-refractivity contribution in [2.75, 3.05) is 6.61 Å². The van der Waals surface area contributed by atoms with Gasteiger partial charge in [-0.05, 0) is 47.9 Å². The Labute approximate surface area is 145 Å². The highest BCUT2D eigenvalue weighted by Gasteiger charge is 2.08. The van der Waals surface area contributed by atoms with Crippen LogP contribution >= 0.6 is 0 Å². The molecule has 0 atom stereocenters. The molecule has 1 amide bonds. The Morgan fingerprint density at radius 2 is 1.84 bits per heavy atom. The van der Waals surface area contributed by atoms with E-state index in [1.54, 1.807) is 0 Å². The summed E-state index contributed by atoms with van der Waals surface area (Å²) >= 11 is 0. The molecule has 0 heterocycles. The van der Waals surface area contributed by atoms with E-state index in [9.17, 15) is 14.9 Å². The molecule has 0 saturated heterocycles. The minimum atomic E-state index is -0.519. The number of nitrogens with one attached hydrogen (secondary N) is 1. The van der Waals surface area contributed by atoms with Crippen LogP contribution in [0.4, 0.5) is 5.69 Å². The third-order valence-corrected chi connectivity index (χ3v) is 3.18. The fraction of sp³-hybridized carbons (Fsp3) is 0.222. The first-order chi connectivity index (χ1) is 12.0. The zero-order valence-electron chi connectivity index (χ0n) is 14.0. The van der Waals surface area contributed by atoms with Crippen LogP contribution in [0.25, 0.3) is 0 Å². The highest BCUT2D eigenvalue weighted by Crippen LogP contribution is 2.13. The zero-order valence-corrected chi connectivity index (χ0v) is 14.0. The topological polar surface area (TPSA) is 93.8 Å². The number of ether oxygens (including phenoxy) is 1. The Bertz CT molecular complexity index is 753. The van der Waals surface area contributed by atoms with Crippen LogP contribution in [0.1, 0.15) is 29.8 Å². The van der Waals surface area contributed by atoms with Gasteiger partial charge in [-0.1, -0.05) is 13.8 Å². The van der Waals surface area contributed by atoms with Gasteiger partial charge in [0, 0.05) is 17.7 Å². The normalized spacial score (nSPS) is 10.8. The van der Waals surface area contributed by atoms with Gasteiger partial charge in [0.15, 0.2) is 0 Å². The van der Waals surface area contributed by atoms with Crippen LogP contribution in [0.15, 0.2) is 53.6 Å². The minimum Gasteiger partial charge on any atom is -0.493 e. The molecule has 0 aromatic heterocycles. The van der Waals surface area contributed by atoms with Crippen molar-refractivity contribution in [2.45, 2.75) is 13.8 Å². The van der Waals surface area contributed by atoms with Gasteiger partial charge in [0.2, 0.25) is 0 Å². The second kappa shape index (κ2) is 8.58. The molecule has 2 aromatic rings. The van der Waals surface area contributed by atoms with E-state index < -0.39 is 10.8 Å². The van der Waals surface area contributed by atoms with E-state index in [4.69, 9.17) is 4.74 Å². The molecule has 0 fully saturated rings. The average molecular weight is 341 g/mol. The first kappa shape index (κ1) is 18.1. The van der Waals surface area contributed by atoms with Crippen molar-refractivity contribution in [1.82, 2.24) is 5.43 Å². The van der Waals surface area contributed by atoms with E-state index in [0.29, 0.717) is 18.1 Å². The molecule has 0 saturated carbocycles. The van der Waals surface area contributed by atoms with E-state index in [-0.39, 0.29) is 5.69 Å². The highest BCUT2D eigenvalue weighted by molar-refractivity contribution is 5.95. The minimum absolute atomic E-state index is 0.0696. The molecule has 0 unspecified atom stereocenters. The van der Waals surface area contributed by atoms with Gasteiger partial charge in [0.05, 0.1) is 17.7 Å². The molecule has 7 heteroatoms. The number of hydrogen-bond acceptors (Lipinski definition) is 5. The predicted octanol–water partition coefficient (Wildman–Crippen LogP) is 3.39. The molecule has 0 bridgehead atoms. The Morgan fingerprint density at radius 3 is 2.40 bits per heavy atom. The second-order valence-electron chi connectivity index (χ2n) is 5.78. The molecule has 25 heavy (non-hydrogen) atoms. The Kier molecular flexibility index (Phi) is 6.22. The lowest BCUT2D eigenvalue weighted by Crippen LogP contribution is -2.17. The Morgan fingerprint density at radius 1 is 1.20 bits per heavy atom. The number of amides is 1. The van der Waals surface area contributed by atoms with E-state index in [0.717, 1.165) is 11.3 Å². The number of hydrogen-bond donors (Lipinski definition) is 1. The van der Waals surface area contributed by atoms with Crippen molar-refractivity contribution >= 4 is 17.8 Å².